The van der Waals surface area contributed by atoms with E-state index >= 15 is 0 Å². The second-order valence-corrected chi connectivity index (χ2v) is 7.86. The number of benzene rings is 3. The van der Waals surface area contributed by atoms with Gasteiger partial charge in [-0.25, -0.2) is 4.79 Å². The first kappa shape index (κ1) is 20.5. The van der Waals surface area contributed by atoms with E-state index in [-0.39, 0.29) is 5.88 Å². The molecule has 2 N–H and O–H groups in total. The summed E-state index contributed by atoms with van der Waals surface area (Å²) in [5.41, 5.74) is 10.7. The molecule has 0 radical (unpaired) electrons. The van der Waals surface area contributed by atoms with E-state index in [4.69, 9.17) is 26.0 Å². The molecule has 4 aromatic rings. The van der Waals surface area contributed by atoms with Gasteiger partial charge in [0.15, 0.2) is 5.75 Å². The van der Waals surface area contributed by atoms with Crippen molar-refractivity contribution in [2.75, 3.05) is 7.11 Å². The van der Waals surface area contributed by atoms with Gasteiger partial charge in [-0.1, -0.05) is 48.4 Å². The first-order valence-electron chi connectivity index (χ1n) is 10.5. The molecular weight excluding hydrogens is 414 g/mol. The van der Waals surface area contributed by atoms with Gasteiger partial charge in [0.25, 0.3) is 0 Å². The van der Waals surface area contributed by atoms with E-state index in [1.165, 1.54) is 0 Å². The molecule has 2 heterocycles. The zero-order chi connectivity index (χ0) is 23.1. The normalized spacial score (nSPS) is 15.0. The number of fused-ring (bicyclic) bond motifs is 3. The monoisotopic (exact) mass is 435 g/mol. The highest BCUT2D eigenvalue weighted by molar-refractivity contribution is 5.86. The van der Waals surface area contributed by atoms with Crippen molar-refractivity contribution < 1.29 is 13.9 Å². The quantitative estimate of drug-likeness (QED) is 0.358. The van der Waals surface area contributed by atoms with Gasteiger partial charge in [0.2, 0.25) is 5.88 Å². The average molecular weight is 435 g/mol. The molecule has 1 aliphatic heterocycles. The van der Waals surface area contributed by atoms with Crippen LogP contribution < -0.4 is 20.8 Å². The van der Waals surface area contributed by atoms with Gasteiger partial charge < -0.3 is 19.6 Å². The molecule has 0 aliphatic carbocycles. The molecule has 0 bridgehead atoms. The van der Waals surface area contributed by atoms with E-state index in [0.29, 0.717) is 33.6 Å². The Balaban J connectivity index is 1.81. The van der Waals surface area contributed by atoms with Crippen LogP contribution in [0.4, 0.5) is 0 Å². The molecule has 5 rings (SSSR count). The van der Waals surface area contributed by atoms with E-state index in [1.807, 2.05) is 61.5 Å². The van der Waals surface area contributed by atoms with Crippen LogP contribution in [0.5, 0.6) is 11.5 Å². The third kappa shape index (κ3) is 3.24. The molecule has 33 heavy (non-hydrogen) atoms. The molecule has 1 aliphatic rings. The molecule has 5 heteroatoms. The van der Waals surface area contributed by atoms with Crippen molar-refractivity contribution in [3.05, 3.63) is 105 Å². The molecule has 3 aromatic carbocycles. The standard InChI is InChI=1S/C28H21NO4/c1-4-18-24(17-13-14-22(31-3)21(15-17)19-10-6-5-9-16(19)2)25-26(33-27(18)29)20-11-7-8-12-23(20)32-28(25)30/h1,5-15,24H,29H2,2-3H3. The number of ether oxygens (including phenoxy) is 2. The van der Waals surface area contributed by atoms with Crippen LogP contribution >= 0.6 is 0 Å². The average Bonchev–Trinajstić information content (AvgIpc) is 2.83. The van der Waals surface area contributed by atoms with Gasteiger partial charge in [-0.2, -0.15) is 0 Å². The van der Waals surface area contributed by atoms with Crippen LogP contribution in [-0.4, -0.2) is 7.11 Å². The molecule has 1 unspecified atom stereocenters. The summed E-state index contributed by atoms with van der Waals surface area (Å²) in [4.78, 5) is 13.2. The molecule has 0 spiro atoms. The minimum atomic E-state index is -0.617. The third-order valence-corrected chi connectivity index (χ3v) is 6.00. The number of para-hydroxylation sites is 1. The highest BCUT2D eigenvalue weighted by atomic mass is 16.5. The largest absolute Gasteiger partial charge is 0.496 e. The lowest BCUT2D eigenvalue weighted by Crippen LogP contribution is -2.26. The second-order valence-electron chi connectivity index (χ2n) is 7.86. The number of allylic oxidation sites excluding steroid dienone is 1. The Labute approximate surface area is 191 Å². The van der Waals surface area contributed by atoms with E-state index < -0.39 is 11.5 Å². The first-order valence-corrected chi connectivity index (χ1v) is 10.5. The van der Waals surface area contributed by atoms with E-state index in [1.54, 1.807) is 19.2 Å². The molecule has 0 saturated heterocycles. The number of terminal acetylenes is 1. The maximum Gasteiger partial charge on any atom is 0.344 e. The summed E-state index contributed by atoms with van der Waals surface area (Å²) in [5.74, 6) is 3.20. The third-order valence-electron chi connectivity index (χ3n) is 6.00. The topological polar surface area (TPSA) is 74.7 Å². The molecule has 5 nitrogen and oxygen atoms in total. The van der Waals surface area contributed by atoms with Gasteiger partial charge in [-0.15, -0.1) is 6.42 Å². The Kier molecular flexibility index (Phi) is 4.91. The molecule has 162 valence electrons. The maximum atomic E-state index is 13.2. The molecule has 1 atom stereocenters. The lowest BCUT2D eigenvalue weighted by Gasteiger charge is -2.27. The zero-order valence-electron chi connectivity index (χ0n) is 18.2. The van der Waals surface area contributed by atoms with Crippen molar-refractivity contribution in [3.63, 3.8) is 0 Å². The van der Waals surface area contributed by atoms with Crippen LogP contribution in [0, 0.1) is 19.3 Å². The van der Waals surface area contributed by atoms with Crippen LogP contribution in [0.15, 0.2) is 87.4 Å². The predicted octanol–water partition coefficient (Wildman–Crippen LogP) is 5.10. The SMILES string of the molecule is C#CC1=C(N)Oc2c(c(=O)oc3ccccc23)C1c1ccc(OC)c(-c2ccccc2C)c1. The molecule has 1 aromatic heterocycles. The van der Waals surface area contributed by atoms with Crippen molar-refractivity contribution >= 4 is 11.0 Å². The first-order chi connectivity index (χ1) is 16.0. The minimum absolute atomic E-state index is 0.0963. The molecule has 0 amide bonds. The summed E-state index contributed by atoms with van der Waals surface area (Å²) in [7, 11) is 1.63. The molecule has 0 saturated carbocycles. The zero-order valence-corrected chi connectivity index (χ0v) is 18.2. The Morgan fingerprint density at radius 2 is 1.79 bits per heavy atom. The van der Waals surface area contributed by atoms with Crippen LogP contribution in [0.2, 0.25) is 0 Å². The van der Waals surface area contributed by atoms with Gasteiger partial charge in [0.05, 0.1) is 29.6 Å². The molecule has 0 fully saturated rings. The smallest absolute Gasteiger partial charge is 0.344 e. The second kappa shape index (κ2) is 7.92. The number of rotatable bonds is 3. The number of nitrogens with two attached hydrogens (primary N) is 1. The van der Waals surface area contributed by atoms with Crippen molar-refractivity contribution in [2.24, 2.45) is 5.73 Å². The summed E-state index contributed by atoms with van der Waals surface area (Å²) in [5, 5.41) is 0.656. The lowest BCUT2D eigenvalue weighted by molar-refractivity contribution is 0.388. The summed E-state index contributed by atoms with van der Waals surface area (Å²) < 4.78 is 17.2. The van der Waals surface area contributed by atoms with Crippen LogP contribution in [0.25, 0.3) is 22.1 Å². The number of methoxy groups -OCH3 is 1. The number of hydrogen-bond donors (Lipinski definition) is 1. The van der Waals surface area contributed by atoms with Crippen molar-refractivity contribution in [1.29, 1.82) is 0 Å². The van der Waals surface area contributed by atoms with Gasteiger partial charge >= 0.3 is 5.63 Å². The summed E-state index contributed by atoms with van der Waals surface area (Å²) >= 11 is 0. The van der Waals surface area contributed by atoms with Crippen molar-refractivity contribution in [1.82, 2.24) is 0 Å². The highest BCUT2D eigenvalue weighted by Crippen LogP contribution is 2.45. The van der Waals surface area contributed by atoms with Gasteiger partial charge in [0, 0.05) is 5.56 Å². The van der Waals surface area contributed by atoms with Gasteiger partial charge in [0.1, 0.15) is 11.3 Å². The van der Waals surface area contributed by atoms with E-state index in [9.17, 15) is 4.79 Å². The molecular formula is C28H21NO4. The summed E-state index contributed by atoms with van der Waals surface area (Å²) in [6.45, 7) is 2.04. The Hall–Kier alpha value is -4.43. The fourth-order valence-corrected chi connectivity index (χ4v) is 4.42. The lowest BCUT2D eigenvalue weighted by atomic mass is 9.82. The predicted molar refractivity (Wildman–Crippen MR) is 128 cm³/mol. The summed E-state index contributed by atoms with van der Waals surface area (Å²) in [6, 6.07) is 21.0. The van der Waals surface area contributed by atoms with Crippen LogP contribution in [0.3, 0.4) is 0 Å². The Morgan fingerprint density at radius 1 is 1.03 bits per heavy atom. The van der Waals surface area contributed by atoms with Crippen LogP contribution in [-0.2, 0) is 0 Å². The highest BCUT2D eigenvalue weighted by Gasteiger charge is 2.35. The summed E-state index contributed by atoms with van der Waals surface area (Å²) in [6.07, 6.45) is 5.85. The fourth-order valence-electron chi connectivity index (χ4n) is 4.42. The Morgan fingerprint density at radius 3 is 2.55 bits per heavy atom. The number of hydrogen-bond acceptors (Lipinski definition) is 5. The van der Waals surface area contributed by atoms with Crippen molar-refractivity contribution in [2.45, 2.75) is 12.8 Å². The van der Waals surface area contributed by atoms with Crippen LogP contribution in [0.1, 0.15) is 22.6 Å². The van der Waals surface area contributed by atoms with E-state index in [0.717, 1.165) is 22.3 Å². The minimum Gasteiger partial charge on any atom is -0.496 e. The fraction of sp³-hybridized carbons (Fsp3) is 0.107. The Bertz CT molecular complexity index is 1540. The van der Waals surface area contributed by atoms with Gasteiger partial charge in [-0.3, -0.25) is 0 Å². The van der Waals surface area contributed by atoms with E-state index in [2.05, 4.69) is 5.92 Å². The number of aryl methyl sites for hydroxylation is 1. The van der Waals surface area contributed by atoms with Crippen molar-refractivity contribution in [3.8, 4) is 35.0 Å². The maximum absolute atomic E-state index is 13.2. The van der Waals surface area contributed by atoms with Gasteiger partial charge in [-0.05, 0) is 47.9 Å².